The molecule has 2 aromatic heterocycles. The van der Waals surface area contributed by atoms with Crippen molar-refractivity contribution in [3.8, 4) is 5.88 Å². The van der Waals surface area contributed by atoms with Crippen molar-refractivity contribution in [3.05, 3.63) is 40.8 Å². The summed E-state index contributed by atoms with van der Waals surface area (Å²) in [5.74, 6) is 0.653. The van der Waals surface area contributed by atoms with E-state index in [1.165, 1.54) is 0 Å². The highest BCUT2D eigenvalue weighted by molar-refractivity contribution is 5.96. The Hall–Kier alpha value is -2.37. The van der Waals surface area contributed by atoms with Gasteiger partial charge in [0.2, 0.25) is 5.88 Å². The van der Waals surface area contributed by atoms with Gasteiger partial charge in [-0.1, -0.05) is 6.07 Å². The minimum Gasteiger partial charge on any atom is -0.472 e. The number of pyridine rings is 1. The fourth-order valence-electron chi connectivity index (χ4n) is 2.94. The Morgan fingerprint density at radius 3 is 2.70 bits per heavy atom. The van der Waals surface area contributed by atoms with E-state index in [-0.39, 0.29) is 12.0 Å². The monoisotopic (exact) mass is 314 g/mol. The molecule has 122 valence electrons. The van der Waals surface area contributed by atoms with Crippen LogP contribution in [0.1, 0.15) is 33.7 Å². The third-order valence-corrected chi connectivity index (χ3v) is 4.33. The minimum atomic E-state index is -0.00793. The minimum absolute atomic E-state index is 0.00793. The normalized spacial score (nSPS) is 17.6. The zero-order valence-corrected chi connectivity index (χ0v) is 14.0. The van der Waals surface area contributed by atoms with Crippen LogP contribution >= 0.6 is 0 Å². The van der Waals surface area contributed by atoms with Crippen molar-refractivity contribution in [3.63, 3.8) is 0 Å². The van der Waals surface area contributed by atoms with E-state index >= 15 is 0 Å². The Balaban J connectivity index is 1.67. The Bertz CT molecular complexity index is 721. The number of aryl methyl sites for hydroxylation is 3. The average Bonchev–Trinajstić information content (AvgIpc) is 3.07. The summed E-state index contributed by atoms with van der Waals surface area (Å²) >= 11 is 0. The van der Waals surface area contributed by atoms with Gasteiger partial charge in [0, 0.05) is 38.0 Å². The van der Waals surface area contributed by atoms with Crippen LogP contribution in [0.2, 0.25) is 0 Å². The molecule has 1 saturated heterocycles. The number of carbonyl (C=O) groups is 1. The number of ether oxygens (including phenoxy) is 1. The Labute approximate surface area is 136 Å². The number of amides is 1. The molecular formula is C17H22N4O2. The molecule has 1 atom stereocenters. The molecule has 0 saturated carbocycles. The SMILES string of the molecule is Cc1ccc(OC2CCN(C(=O)c3c(C)nn(C)c3C)C2)nc1. The largest absolute Gasteiger partial charge is 0.472 e. The van der Waals surface area contributed by atoms with Crippen LogP contribution in [0.3, 0.4) is 0 Å². The highest BCUT2D eigenvalue weighted by Gasteiger charge is 2.31. The van der Waals surface area contributed by atoms with Gasteiger partial charge in [0.25, 0.3) is 5.91 Å². The number of rotatable bonds is 3. The maximum Gasteiger partial charge on any atom is 0.257 e. The third-order valence-electron chi connectivity index (χ3n) is 4.33. The van der Waals surface area contributed by atoms with E-state index in [2.05, 4.69) is 10.1 Å². The van der Waals surface area contributed by atoms with E-state index in [0.29, 0.717) is 24.5 Å². The smallest absolute Gasteiger partial charge is 0.257 e. The van der Waals surface area contributed by atoms with Crippen LogP contribution in [0.25, 0.3) is 0 Å². The summed E-state index contributed by atoms with van der Waals surface area (Å²) in [5.41, 5.74) is 3.49. The molecule has 6 nitrogen and oxygen atoms in total. The Kier molecular flexibility index (Phi) is 4.07. The summed E-state index contributed by atoms with van der Waals surface area (Å²) in [6, 6.07) is 3.85. The predicted molar refractivity (Wildman–Crippen MR) is 86.6 cm³/mol. The molecule has 0 bridgehead atoms. The molecule has 1 amide bonds. The predicted octanol–water partition coefficient (Wildman–Crippen LogP) is 2.03. The van der Waals surface area contributed by atoms with Gasteiger partial charge < -0.3 is 9.64 Å². The summed E-state index contributed by atoms with van der Waals surface area (Å²) in [6.07, 6.45) is 2.60. The summed E-state index contributed by atoms with van der Waals surface area (Å²) in [7, 11) is 1.86. The first-order chi connectivity index (χ1) is 11.0. The second-order valence-corrected chi connectivity index (χ2v) is 6.12. The quantitative estimate of drug-likeness (QED) is 0.870. The van der Waals surface area contributed by atoms with Gasteiger partial charge >= 0.3 is 0 Å². The molecule has 2 aromatic rings. The van der Waals surface area contributed by atoms with Crippen molar-refractivity contribution in [2.45, 2.75) is 33.3 Å². The van der Waals surface area contributed by atoms with Crippen LogP contribution in [0.15, 0.2) is 18.3 Å². The van der Waals surface area contributed by atoms with Gasteiger partial charge in [-0.3, -0.25) is 9.48 Å². The number of likely N-dealkylation sites (tertiary alicyclic amines) is 1. The fraction of sp³-hybridized carbons (Fsp3) is 0.471. The highest BCUT2D eigenvalue weighted by atomic mass is 16.5. The summed E-state index contributed by atoms with van der Waals surface area (Å²) in [5, 5.41) is 4.33. The zero-order chi connectivity index (χ0) is 16.6. The second kappa shape index (κ2) is 6.02. The molecule has 1 fully saturated rings. The van der Waals surface area contributed by atoms with Gasteiger partial charge in [0.15, 0.2) is 0 Å². The first-order valence-electron chi connectivity index (χ1n) is 7.84. The molecule has 0 aromatic carbocycles. The molecule has 1 unspecified atom stereocenters. The summed E-state index contributed by atoms with van der Waals surface area (Å²) in [4.78, 5) is 18.9. The number of hydrogen-bond acceptors (Lipinski definition) is 4. The van der Waals surface area contributed by atoms with Gasteiger partial charge in [-0.15, -0.1) is 0 Å². The first kappa shape index (κ1) is 15.5. The van der Waals surface area contributed by atoms with Gasteiger partial charge in [-0.2, -0.15) is 5.10 Å². The van der Waals surface area contributed by atoms with Crippen molar-refractivity contribution in [2.24, 2.45) is 7.05 Å². The molecular weight excluding hydrogens is 292 g/mol. The van der Waals surface area contributed by atoms with Crippen LogP contribution in [-0.4, -0.2) is 44.8 Å². The lowest BCUT2D eigenvalue weighted by atomic mass is 10.2. The molecule has 3 rings (SSSR count). The fourth-order valence-corrected chi connectivity index (χ4v) is 2.94. The van der Waals surface area contributed by atoms with Crippen LogP contribution in [0.4, 0.5) is 0 Å². The van der Waals surface area contributed by atoms with Crippen LogP contribution < -0.4 is 4.74 Å². The van der Waals surface area contributed by atoms with E-state index in [4.69, 9.17) is 4.74 Å². The Morgan fingerprint density at radius 1 is 1.30 bits per heavy atom. The van der Waals surface area contributed by atoms with Crippen LogP contribution in [0.5, 0.6) is 5.88 Å². The van der Waals surface area contributed by atoms with Crippen LogP contribution in [0, 0.1) is 20.8 Å². The third kappa shape index (κ3) is 3.06. The standard InChI is InChI=1S/C17H22N4O2/c1-11-5-6-15(18-9-11)23-14-7-8-21(10-14)17(22)16-12(2)19-20(4)13(16)3/h5-6,9,14H,7-8,10H2,1-4H3. The Morgan fingerprint density at radius 2 is 2.09 bits per heavy atom. The zero-order valence-electron chi connectivity index (χ0n) is 14.0. The lowest BCUT2D eigenvalue weighted by Gasteiger charge is -2.17. The summed E-state index contributed by atoms with van der Waals surface area (Å²) < 4.78 is 7.64. The van der Waals surface area contributed by atoms with Gasteiger partial charge in [-0.25, -0.2) is 4.98 Å². The molecule has 0 aliphatic carbocycles. The first-order valence-corrected chi connectivity index (χ1v) is 7.84. The van der Waals surface area contributed by atoms with E-state index in [0.717, 1.165) is 23.4 Å². The van der Waals surface area contributed by atoms with Crippen molar-refractivity contribution < 1.29 is 9.53 Å². The topological polar surface area (TPSA) is 60.2 Å². The number of nitrogens with zero attached hydrogens (tertiary/aromatic N) is 4. The number of carbonyl (C=O) groups excluding carboxylic acids is 1. The van der Waals surface area contributed by atoms with Gasteiger partial charge in [0.05, 0.1) is 17.8 Å². The number of aromatic nitrogens is 3. The molecule has 0 radical (unpaired) electrons. The van der Waals surface area contributed by atoms with Crippen molar-refractivity contribution >= 4 is 5.91 Å². The van der Waals surface area contributed by atoms with E-state index in [1.807, 2.05) is 44.9 Å². The molecule has 1 aliphatic rings. The molecule has 1 aliphatic heterocycles. The maximum absolute atomic E-state index is 12.7. The molecule has 0 spiro atoms. The lowest BCUT2D eigenvalue weighted by Crippen LogP contribution is -2.31. The average molecular weight is 314 g/mol. The van der Waals surface area contributed by atoms with E-state index in [1.54, 1.807) is 10.9 Å². The maximum atomic E-state index is 12.7. The van der Waals surface area contributed by atoms with Gasteiger partial charge in [0.1, 0.15) is 6.10 Å². The molecule has 23 heavy (non-hydrogen) atoms. The van der Waals surface area contributed by atoms with Crippen molar-refractivity contribution in [1.29, 1.82) is 0 Å². The molecule has 6 heteroatoms. The van der Waals surface area contributed by atoms with Gasteiger partial charge in [-0.05, 0) is 26.3 Å². The van der Waals surface area contributed by atoms with Crippen LogP contribution in [-0.2, 0) is 7.05 Å². The van der Waals surface area contributed by atoms with E-state index in [9.17, 15) is 4.79 Å². The molecule has 3 heterocycles. The number of hydrogen-bond donors (Lipinski definition) is 0. The van der Waals surface area contributed by atoms with Crippen molar-refractivity contribution in [1.82, 2.24) is 19.7 Å². The second-order valence-electron chi connectivity index (χ2n) is 6.12. The summed E-state index contributed by atoms with van der Waals surface area (Å²) in [6.45, 7) is 7.07. The molecule has 0 N–H and O–H groups in total. The van der Waals surface area contributed by atoms with Crippen molar-refractivity contribution in [2.75, 3.05) is 13.1 Å². The lowest BCUT2D eigenvalue weighted by molar-refractivity contribution is 0.0769. The highest BCUT2D eigenvalue weighted by Crippen LogP contribution is 2.21. The van der Waals surface area contributed by atoms with E-state index < -0.39 is 0 Å².